The molecule has 2 aliphatic rings. The number of fused-ring (bicyclic) bond motifs is 1. The summed E-state index contributed by atoms with van der Waals surface area (Å²) in [6.07, 6.45) is 5.85. The Bertz CT molecular complexity index is 1560. The number of carbonyl (C=O) groups excluding carboxylic acids is 1. The summed E-state index contributed by atoms with van der Waals surface area (Å²) >= 11 is 6.56. The molecule has 12 heteroatoms. The quantitative estimate of drug-likeness (QED) is 0.191. The third kappa shape index (κ3) is 7.72. The molecule has 0 unspecified atom stereocenters. The second-order valence-electron chi connectivity index (χ2n) is 10.8. The molecule has 2 aliphatic heterocycles. The molecule has 2 saturated heterocycles. The van der Waals surface area contributed by atoms with Crippen LogP contribution in [0.25, 0.3) is 10.9 Å². The number of rotatable bonds is 12. The fourth-order valence-electron chi connectivity index (χ4n) is 5.29. The molecule has 2 aromatic heterocycles. The molecule has 230 valence electrons. The van der Waals surface area contributed by atoms with Gasteiger partial charge in [-0.3, -0.25) is 14.7 Å². The molecule has 4 heterocycles. The summed E-state index contributed by atoms with van der Waals surface area (Å²) in [4.78, 5) is 28.8. The number of morpholine rings is 1. The molecule has 0 spiro atoms. The highest BCUT2D eigenvalue weighted by Crippen LogP contribution is 2.35. The van der Waals surface area contributed by atoms with Crippen LogP contribution in [0.1, 0.15) is 25.0 Å². The van der Waals surface area contributed by atoms with E-state index in [1.807, 2.05) is 36.4 Å². The van der Waals surface area contributed by atoms with Crippen molar-refractivity contribution in [2.24, 2.45) is 0 Å². The number of ether oxygens (including phenoxy) is 3. The minimum absolute atomic E-state index is 0.0838. The average Bonchev–Trinajstić information content (AvgIpc) is 3.60. The SMILES string of the molecule is O=C(Nc1cc2c(Nc3ccc(OCc4ccccn4)c(Cl)c3)ncnc2cc1OCCCN1CCOCC1)[C@H]1CCCN1. The number of pyridine rings is 1. The predicted molar refractivity (Wildman–Crippen MR) is 170 cm³/mol. The van der Waals surface area contributed by atoms with Crippen LogP contribution in [0.5, 0.6) is 11.5 Å². The summed E-state index contributed by atoms with van der Waals surface area (Å²) in [6, 6.07) is 14.6. The monoisotopic (exact) mass is 617 g/mol. The third-order valence-corrected chi connectivity index (χ3v) is 7.94. The van der Waals surface area contributed by atoms with E-state index in [0.29, 0.717) is 46.8 Å². The topological polar surface area (TPSA) is 123 Å². The molecule has 11 nitrogen and oxygen atoms in total. The summed E-state index contributed by atoms with van der Waals surface area (Å²) in [5, 5.41) is 10.9. The number of carbonyl (C=O) groups is 1. The summed E-state index contributed by atoms with van der Waals surface area (Å²) < 4.78 is 17.5. The normalized spacial score (nSPS) is 17.0. The number of amides is 1. The highest BCUT2D eigenvalue weighted by molar-refractivity contribution is 6.32. The molecular formula is C32H36ClN7O4. The van der Waals surface area contributed by atoms with Crippen molar-refractivity contribution in [3.05, 3.63) is 71.8 Å². The van der Waals surface area contributed by atoms with Crippen LogP contribution in [-0.4, -0.2) is 77.8 Å². The van der Waals surface area contributed by atoms with Gasteiger partial charge in [-0.05, 0) is 62.2 Å². The van der Waals surface area contributed by atoms with E-state index in [2.05, 4.69) is 35.8 Å². The lowest BCUT2D eigenvalue weighted by Crippen LogP contribution is -2.37. The first-order chi connectivity index (χ1) is 21.6. The maximum atomic E-state index is 13.1. The van der Waals surface area contributed by atoms with Gasteiger partial charge in [0.1, 0.15) is 30.3 Å². The van der Waals surface area contributed by atoms with Crippen LogP contribution in [0, 0.1) is 0 Å². The fraction of sp³-hybridized carbons (Fsp3) is 0.375. The van der Waals surface area contributed by atoms with E-state index < -0.39 is 0 Å². The smallest absolute Gasteiger partial charge is 0.241 e. The molecule has 3 N–H and O–H groups in total. The second kappa shape index (κ2) is 14.6. The first-order valence-corrected chi connectivity index (χ1v) is 15.4. The minimum Gasteiger partial charge on any atom is -0.491 e. The van der Waals surface area contributed by atoms with E-state index in [1.165, 1.54) is 6.33 Å². The van der Waals surface area contributed by atoms with Crippen LogP contribution in [0.4, 0.5) is 17.2 Å². The van der Waals surface area contributed by atoms with Crippen molar-refractivity contribution in [2.45, 2.75) is 31.9 Å². The number of aromatic nitrogens is 3. The van der Waals surface area contributed by atoms with Gasteiger partial charge in [-0.25, -0.2) is 9.97 Å². The number of nitrogens with zero attached hydrogens (tertiary/aromatic N) is 4. The fourth-order valence-corrected chi connectivity index (χ4v) is 5.53. The van der Waals surface area contributed by atoms with Crippen LogP contribution in [0.3, 0.4) is 0 Å². The number of benzene rings is 2. The van der Waals surface area contributed by atoms with Crippen molar-refractivity contribution in [2.75, 3.05) is 56.6 Å². The first kappa shape index (κ1) is 30.0. The van der Waals surface area contributed by atoms with Crippen LogP contribution >= 0.6 is 11.6 Å². The van der Waals surface area contributed by atoms with Crippen LogP contribution in [-0.2, 0) is 16.1 Å². The maximum Gasteiger partial charge on any atom is 0.241 e. The molecule has 2 fully saturated rings. The maximum absolute atomic E-state index is 13.1. The Hall–Kier alpha value is -4.03. The van der Waals surface area contributed by atoms with E-state index in [-0.39, 0.29) is 11.9 Å². The molecule has 2 aromatic carbocycles. The number of nitrogens with one attached hydrogen (secondary N) is 3. The van der Waals surface area contributed by atoms with Crippen molar-refractivity contribution >= 4 is 45.6 Å². The Labute approximate surface area is 261 Å². The van der Waals surface area contributed by atoms with Gasteiger partial charge in [0.05, 0.1) is 47.8 Å². The van der Waals surface area contributed by atoms with Gasteiger partial charge in [0.2, 0.25) is 5.91 Å². The third-order valence-electron chi connectivity index (χ3n) is 7.65. The van der Waals surface area contributed by atoms with Gasteiger partial charge in [0, 0.05) is 43.0 Å². The van der Waals surface area contributed by atoms with Gasteiger partial charge in [-0.2, -0.15) is 0 Å². The zero-order valence-electron chi connectivity index (χ0n) is 24.4. The van der Waals surface area contributed by atoms with Crippen molar-refractivity contribution in [3.63, 3.8) is 0 Å². The Balaban J connectivity index is 1.19. The van der Waals surface area contributed by atoms with E-state index in [1.54, 1.807) is 18.3 Å². The molecule has 0 bridgehead atoms. The van der Waals surface area contributed by atoms with Gasteiger partial charge >= 0.3 is 0 Å². The van der Waals surface area contributed by atoms with Crippen molar-refractivity contribution < 1.29 is 19.0 Å². The molecule has 4 aromatic rings. The Morgan fingerprint density at radius 2 is 1.98 bits per heavy atom. The lowest BCUT2D eigenvalue weighted by atomic mass is 10.1. The molecule has 6 rings (SSSR count). The molecule has 0 radical (unpaired) electrons. The predicted octanol–water partition coefficient (Wildman–Crippen LogP) is 4.79. The highest BCUT2D eigenvalue weighted by atomic mass is 35.5. The highest BCUT2D eigenvalue weighted by Gasteiger charge is 2.24. The molecular weight excluding hydrogens is 582 g/mol. The van der Waals surface area contributed by atoms with Crippen molar-refractivity contribution in [1.29, 1.82) is 0 Å². The van der Waals surface area contributed by atoms with E-state index in [0.717, 1.165) is 75.4 Å². The second-order valence-corrected chi connectivity index (χ2v) is 11.2. The lowest BCUT2D eigenvalue weighted by molar-refractivity contribution is -0.117. The van der Waals surface area contributed by atoms with E-state index >= 15 is 0 Å². The van der Waals surface area contributed by atoms with Gasteiger partial charge in [0.15, 0.2) is 0 Å². The van der Waals surface area contributed by atoms with Crippen molar-refractivity contribution in [3.8, 4) is 11.5 Å². The lowest BCUT2D eigenvalue weighted by Gasteiger charge is -2.26. The number of anilines is 3. The van der Waals surface area contributed by atoms with Gasteiger partial charge < -0.3 is 30.2 Å². The van der Waals surface area contributed by atoms with Gasteiger partial charge in [-0.15, -0.1) is 0 Å². The largest absolute Gasteiger partial charge is 0.491 e. The van der Waals surface area contributed by atoms with E-state index in [4.69, 9.17) is 25.8 Å². The number of halogens is 1. The Morgan fingerprint density at radius 1 is 1.07 bits per heavy atom. The first-order valence-electron chi connectivity index (χ1n) is 15.0. The summed E-state index contributed by atoms with van der Waals surface area (Å²) in [7, 11) is 0. The summed E-state index contributed by atoms with van der Waals surface area (Å²) in [5.41, 5.74) is 2.80. The molecule has 0 saturated carbocycles. The Kier molecular flexibility index (Phi) is 9.98. The zero-order valence-corrected chi connectivity index (χ0v) is 25.2. The van der Waals surface area contributed by atoms with E-state index in [9.17, 15) is 4.79 Å². The summed E-state index contributed by atoms with van der Waals surface area (Å²) in [5.74, 6) is 1.62. The molecule has 0 aliphatic carbocycles. The standard InChI is InChI=1S/C32H36ClN7O4/c33-25-17-22(7-8-29(25)44-20-23-5-1-2-9-34-23)38-31-24-18-28(39-32(41)26-6-3-10-35-26)30(19-27(24)36-21-37-31)43-14-4-11-40-12-15-42-16-13-40/h1-2,5,7-9,17-19,21,26,35H,3-4,6,10-16,20H2,(H,39,41)(H,36,37,38)/t26-/m1/s1. The number of hydrogen-bond acceptors (Lipinski definition) is 10. The molecule has 1 atom stereocenters. The van der Waals surface area contributed by atoms with Crippen LogP contribution < -0.4 is 25.4 Å². The molecule has 44 heavy (non-hydrogen) atoms. The zero-order chi connectivity index (χ0) is 30.1. The van der Waals surface area contributed by atoms with Gasteiger partial charge in [-0.1, -0.05) is 17.7 Å². The van der Waals surface area contributed by atoms with Crippen LogP contribution in [0.15, 0.2) is 61.1 Å². The average molecular weight is 618 g/mol. The van der Waals surface area contributed by atoms with Crippen molar-refractivity contribution in [1.82, 2.24) is 25.2 Å². The van der Waals surface area contributed by atoms with Gasteiger partial charge in [0.25, 0.3) is 0 Å². The van der Waals surface area contributed by atoms with Crippen LogP contribution in [0.2, 0.25) is 5.02 Å². The minimum atomic E-state index is -0.231. The molecule has 1 amide bonds. The number of hydrogen-bond donors (Lipinski definition) is 3. The summed E-state index contributed by atoms with van der Waals surface area (Å²) in [6.45, 7) is 5.99. The Morgan fingerprint density at radius 3 is 2.77 bits per heavy atom.